The SMILES string of the molecule is CC(=O)NCCNC(=O)c1c[nH]c(=O)cc1O. The smallest absolute Gasteiger partial charge is 0.256 e. The molecule has 0 spiro atoms. The van der Waals surface area contributed by atoms with Crippen LogP contribution in [0, 0.1) is 0 Å². The minimum Gasteiger partial charge on any atom is -0.507 e. The average Bonchev–Trinajstić information content (AvgIpc) is 2.23. The van der Waals surface area contributed by atoms with Gasteiger partial charge in [-0.2, -0.15) is 0 Å². The average molecular weight is 239 g/mol. The van der Waals surface area contributed by atoms with Crippen molar-refractivity contribution in [1.29, 1.82) is 0 Å². The van der Waals surface area contributed by atoms with Crippen LogP contribution in [-0.2, 0) is 4.79 Å². The fourth-order valence-corrected chi connectivity index (χ4v) is 1.15. The predicted molar refractivity (Wildman–Crippen MR) is 59.7 cm³/mol. The highest BCUT2D eigenvalue weighted by atomic mass is 16.3. The molecule has 0 aromatic carbocycles. The van der Waals surface area contributed by atoms with E-state index in [0.29, 0.717) is 6.54 Å². The Morgan fingerprint density at radius 3 is 2.59 bits per heavy atom. The number of pyridine rings is 1. The molecule has 0 radical (unpaired) electrons. The molecule has 1 aromatic heterocycles. The third-order valence-corrected chi connectivity index (χ3v) is 1.93. The second kappa shape index (κ2) is 5.69. The molecule has 0 atom stereocenters. The molecule has 0 saturated heterocycles. The zero-order valence-corrected chi connectivity index (χ0v) is 9.24. The monoisotopic (exact) mass is 239 g/mol. The van der Waals surface area contributed by atoms with E-state index >= 15 is 0 Å². The van der Waals surface area contributed by atoms with Gasteiger partial charge in [0.15, 0.2) is 0 Å². The lowest BCUT2D eigenvalue weighted by molar-refractivity contribution is -0.118. The first kappa shape index (κ1) is 12.8. The van der Waals surface area contributed by atoms with Gasteiger partial charge in [0.2, 0.25) is 5.91 Å². The first-order chi connectivity index (χ1) is 8.00. The molecule has 0 saturated carbocycles. The third-order valence-electron chi connectivity index (χ3n) is 1.93. The van der Waals surface area contributed by atoms with E-state index in [0.717, 1.165) is 12.3 Å². The van der Waals surface area contributed by atoms with Crippen molar-refractivity contribution in [1.82, 2.24) is 15.6 Å². The quantitative estimate of drug-likeness (QED) is 0.502. The molecule has 1 heterocycles. The van der Waals surface area contributed by atoms with Gasteiger partial charge in [-0.25, -0.2) is 0 Å². The molecule has 92 valence electrons. The number of aromatic nitrogens is 1. The molecule has 0 aliphatic rings. The second-order valence-corrected chi connectivity index (χ2v) is 3.34. The Balaban J connectivity index is 2.52. The summed E-state index contributed by atoms with van der Waals surface area (Å²) in [5.41, 5.74) is -0.510. The van der Waals surface area contributed by atoms with Gasteiger partial charge in [-0.05, 0) is 0 Å². The summed E-state index contributed by atoms with van der Waals surface area (Å²) in [7, 11) is 0. The predicted octanol–water partition coefficient (Wildman–Crippen LogP) is -1.05. The fraction of sp³-hybridized carbons (Fsp3) is 0.300. The number of rotatable bonds is 4. The maximum atomic E-state index is 11.5. The molecule has 2 amide bonds. The van der Waals surface area contributed by atoms with Gasteiger partial charge in [-0.3, -0.25) is 14.4 Å². The molecule has 4 N–H and O–H groups in total. The number of hydrogen-bond donors (Lipinski definition) is 4. The van der Waals surface area contributed by atoms with Gasteiger partial charge < -0.3 is 20.7 Å². The van der Waals surface area contributed by atoms with Crippen LogP contribution in [0.25, 0.3) is 0 Å². The lowest BCUT2D eigenvalue weighted by Crippen LogP contribution is -2.33. The first-order valence-corrected chi connectivity index (χ1v) is 4.95. The molecule has 0 fully saturated rings. The van der Waals surface area contributed by atoms with Gasteiger partial charge in [0.05, 0.1) is 5.56 Å². The Morgan fingerprint density at radius 1 is 1.35 bits per heavy atom. The van der Waals surface area contributed by atoms with E-state index in [1.54, 1.807) is 0 Å². The Hall–Kier alpha value is -2.31. The summed E-state index contributed by atoms with van der Waals surface area (Å²) in [6.07, 6.45) is 1.13. The summed E-state index contributed by atoms with van der Waals surface area (Å²) in [5, 5.41) is 14.3. The highest BCUT2D eigenvalue weighted by molar-refractivity contribution is 5.96. The van der Waals surface area contributed by atoms with Crippen molar-refractivity contribution >= 4 is 11.8 Å². The lowest BCUT2D eigenvalue weighted by atomic mass is 10.2. The molecule has 1 aromatic rings. The molecule has 0 aliphatic carbocycles. The number of nitrogens with one attached hydrogen (secondary N) is 3. The summed E-state index contributed by atoms with van der Waals surface area (Å²) in [4.78, 5) is 35.2. The fourth-order valence-electron chi connectivity index (χ4n) is 1.15. The second-order valence-electron chi connectivity index (χ2n) is 3.34. The highest BCUT2D eigenvalue weighted by Crippen LogP contribution is 2.11. The third kappa shape index (κ3) is 3.98. The van der Waals surface area contributed by atoms with E-state index in [4.69, 9.17) is 0 Å². The van der Waals surface area contributed by atoms with Crippen molar-refractivity contribution in [2.75, 3.05) is 13.1 Å². The molecule has 0 bridgehead atoms. The van der Waals surface area contributed by atoms with Gasteiger partial charge in [0.25, 0.3) is 11.5 Å². The van der Waals surface area contributed by atoms with Crippen LogP contribution in [0.1, 0.15) is 17.3 Å². The van der Waals surface area contributed by atoms with Crippen molar-refractivity contribution in [3.05, 3.63) is 28.2 Å². The maximum Gasteiger partial charge on any atom is 0.256 e. The molecule has 0 unspecified atom stereocenters. The van der Waals surface area contributed by atoms with E-state index < -0.39 is 11.5 Å². The van der Waals surface area contributed by atoms with Crippen molar-refractivity contribution in [3.63, 3.8) is 0 Å². The van der Waals surface area contributed by atoms with Crippen LogP contribution in [0.3, 0.4) is 0 Å². The first-order valence-electron chi connectivity index (χ1n) is 4.95. The zero-order chi connectivity index (χ0) is 12.8. The van der Waals surface area contributed by atoms with Gasteiger partial charge in [-0.1, -0.05) is 0 Å². The van der Waals surface area contributed by atoms with Gasteiger partial charge >= 0.3 is 0 Å². The summed E-state index contributed by atoms with van der Waals surface area (Å²) < 4.78 is 0. The minimum atomic E-state index is -0.524. The zero-order valence-electron chi connectivity index (χ0n) is 9.24. The normalized spacial score (nSPS) is 9.71. The summed E-state index contributed by atoms with van der Waals surface area (Å²) in [5.74, 6) is -1.10. The molecule has 7 heteroatoms. The van der Waals surface area contributed by atoms with E-state index in [1.807, 2.05) is 0 Å². The van der Waals surface area contributed by atoms with Gasteiger partial charge in [0, 0.05) is 32.3 Å². The Labute approximate surface area is 96.9 Å². The van der Waals surface area contributed by atoms with E-state index in [9.17, 15) is 19.5 Å². The van der Waals surface area contributed by atoms with Crippen LogP contribution in [0.5, 0.6) is 5.75 Å². The van der Waals surface area contributed by atoms with Crippen molar-refractivity contribution in [2.24, 2.45) is 0 Å². The number of hydrogen-bond acceptors (Lipinski definition) is 4. The van der Waals surface area contributed by atoms with Crippen molar-refractivity contribution in [2.45, 2.75) is 6.92 Å². The highest BCUT2D eigenvalue weighted by Gasteiger charge is 2.10. The number of amides is 2. The molecule has 1 rings (SSSR count). The van der Waals surface area contributed by atoms with Crippen LogP contribution in [0.15, 0.2) is 17.1 Å². The molecule has 17 heavy (non-hydrogen) atoms. The topological polar surface area (TPSA) is 111 Å². The lowest BCUT2D eigenvalue weighted by Gasteiger charge is -2.06. The Bertz CT molecular complexity index is 481. The number of aromatic amines is 1. The summed E-state index contributed by atoms with van der Waals surface area (Å²) in [6, 6.07) is 0.919. The number of carbonyl (C=O) groups excluding carboxylic acids is 2. The van der Waals surface area contributed by atoms with Crippen LogP contribution in [0.2, 0.25) is 0 Å². The van der Waals surface area contributed by atoms with Gasteiger partial charge in [-0.15, -0.1) is 0 Å². The standard InChI is InChI=1S/C10H13N3O4/c1-6(14)11-2-3-12-10(17)7-5-13-9(16)4-8(7)15/h4-5H,2-3H2,1H3,(H,11,14)(H,12,17)(H2,13,15,16). The van der Waals surface area contributed by atoms with Crippen molar-refractivity contribution < 1.29 is 14.7 Å². The number of H-pyrrole nitrogens is 1. The van der Waals surface area contributed by atoms with Crippen LogP contribution in [0.4, 0.5) is 0 Å². The number of aromatic hydroxyl groups is 1. The van der Waals surface area contributed by atoms with E-state index in [2.05, 4.69) is 15.6 Å². The largest absolute Gasteiger partial charge is 0.507 e. The summed E-state index contributed by atoms with van der Waals surface area (Å²) in [6.45, 7) is 1.90. The Morgan fingerprint density at radius 2 is 2.00 bits per heavy atom. The molecular weight excluding hydrogens is 226 g/mol. The molecule has 7 nitrogen and oxygen atoms in total. The van der Waals surface area contributed by atoms with E-state index in [1.165, 1.54) is 6.92 Å². The van der Waals surface area contributed by atoms with Crippen LogP contribution in [-0.4, -0.2) is 35.0 Å². The molecule has 0 aliphatic heterocycles. The Kier molecular flexibility index (Phi) is 4.27. The number of carbonyl (C=O) groups is 2. The minimum absolute atomic E-state index is 0.0209. The summed E-state index contributed by atoms with van der Waals surface area (Å²) >= 11 is 0. The van der Waals surface area contributed by atoms with E-state index in [-0.39, 0.29) is 23.8 Å². The maximum absolute atomic E-state index is 11.5. The van der Waals surface area contributed by atoms with Crippen LogP contribution < -0.4 is 16.2 Å². The van der Waals surface area contributed by atoms with Crippen LogP contribution >= 0.6 is 0 Å². The van der Waals surface area contributed by atoms with Gasteiger partial charge in [0.1, 0.15) is 5.75 Å². The van der Waals surface area contributed by atoms with Crippen molar-refractivity contribution in [3.8, 4) is 5.75 Å². The molecular formula is C10H13N3O4.